The molecule has 1 aliphatic heterocycles. The molecule has 0 atom stereocenters. The van der Waals surface area contributed by atoms with Crippen molar-refractivity contribution in [3.63, 3.8) is 0 Å². The normalized spacial score (nSPS) is 27.0. The van der Waals surface area contributed by atoms with Crippen molar-refractivity contribution in [2.24, 2.45) is 11.8 Å². The molecule has 1 amide bonds. The fraction of sp³-hybridized carbons (Fsp3) is 0.667. The molecule has 0 radical (unpaired) electrons. The second kappa shape index (κ2) is 14.0. The largest absolute Gasteiger partial charge is 0.438 e. The molecule has 0 unspecified atom stereocenters. The third-order valence-corrected chi connectivity index (χ3v) is 10.3. The predicted molar refractivity (Wildman–Crippen MR) is 169 cm³/mol. The molecule has 2 heterocycles. The minimum atomic E-state index is -4.76. The monoisotopic (exact) mass is 663 g/mol. The number of pyridine rings is 1. The van der Waals surface area contributed by atoms with E-state index < -0.39 is 30.1 Å². The van der Waals surface area contributed by atoms with E-state index in [4.69, 9.17) is 9.47 Å². The Hall–Kier alpha value is -2.79. The maximum absolute atomic E-state index is 14.2. The summed E-state index contributed by atoms with van der Waals surface area (Å²) in [5, 5.41) is 0. The molecule has 0 bridgehead atoms. The third kappa shape index (κ3) is 8.63. The highest BCUT2D eigenvalue weighted by Crippen LogP contribution is 2.41. The SMILES string of the molecule is Cc1cc(Oc2ncc(CN3CCCC(F)(F)C3)cc2C(F)(F)F)ccc1N(C(=O)C1CCC(C)CC1)C1CCC(OC2CC2)CC1. The molecule has 11 heteroatoms. The fourth-order valence-electron chi connectivity index (χ4n) is 7.49. The van der Waals surface area contributed by atoms with Gasteiger partial charge in [-0.15, -0.1) is 0 Å². The summed E-state index contributed by atoms with van der Waals surface area (Å²) in [6.07, 6.45) is 6.66. The minimum Gasteiger partial charge on any atom is -0.438 e. The number of rotatable bonds is 9. The number of alkyl halides is 5. The van der Waals surface area contributed by atoms with Crippen molar-refractivity contribution in [3.8, 4) is 11.6 Å². The number of hydrogen-bond acceptors (Lipinski definition) is 5. The van der Waals surface area contributed by atoms with Crippen LogP contribution in [-0.2, 0) is 22.3 Å². The first kappa shape index (κ1) is 34.1. The third-order valence-electron chi connectivity index (χ3n) is 10.3. The van der Waals surface area contributed by atoms with E-state index in [9.17, 15) is 26.7 Å². The van der Waals surface area contributed by atoms with Crippen LogP contribution in [0.3, 0.4) is 0 Å². The number of hydrogen-bond donors (Lipinski definition) is 0. The van der Waals surface area contributed by atoms with Gasteiger partial charge in [-0.1, -0.05) is 6.92 Å². The number of aromatic nitrogens is 1. The number of piperidine rings is 1. The fourth-order valence-corrected chi connectivity index (χ4v) is 7.49. The van der Waals surface area contributed by atoms with Crippen LogP contribution in [0.4, 0.5) is 27.6 Å². The van der Waals surface area contributed by atoms with Crippen LogP contribution in [0, 0.1) is 18.8 Å². The van der Waals surface area contributed by atoms with Gasteiger partial charge in [0.05, 0.1) is 18.8 Å². The molecular formula is C36H46F5N3O3. The number of amides is 1. The van der Waals surface area contributed by atoms with Crippen LogP contribution in [0.1, 0.15) is 101 Å². The summed E-state index contributed by atoms with van der Waals surface area (Å²) in [5.41, 5.74) is 0.615. The maximum Gasteiger partial charge on any atom is 0.421 e. The van der Waals surface area contributed by atoms with Gasteiger partial charge in [0, 0.05) is 36.8 Å². The van der Waals surface area contributed by atoms with Gasteiger partial charge in [0.2, 0.25) is 11.8 Å². The molecule has 0 spiro atoms. The highest BCUT2D eigenvalue weighted by atomic mass is 19.4. The van der Waals surface area contributed by atoms with E-state index in [0.29, 0.717) is 18.6 Å². The molecule has 3 saturated carbocycles. The lowest BCUT2D eigenvalue weighted by atomic mass is 9.81. The quantitative estimate of drug-likeness (QED) is 0.251. The van der Waals surface area contributed by atoms with Gasteiger partial charge in [-0.3, -0.25) is 9.69 Å². The zero-order valence-corrected chi connectivity index (χ0v) is 27.3. The van der Waals surface area contributed by atoms with Gasteiger partial charge in [0.25, 0.3) is 5.92 Å². The molecule has 3 aliphatic carbocycles. The van der Waals surface area contributed by atoms with E-state index in [1.54, 1.807) is 18.2 Å². The van der Waals surface area contributed by atoms with E-state index >= 15 is 0 Å². The molecule has 47 heavy (non-hydrogen) atoms. The van der Waals surface area contributed by atoms with Crippen molar-refractivity contribution in [1.82, 2.24) is 9.88 Å². The summed E-state index contributed by atoms with van der Waals surface area (Å²) in [7, 11) is 0. The summed E-state index contributed by atoms with van der Waals surface area (Å²) < 4.78 is 82.2. The number of nitrogens with zero attached hydrogens (tertiary/aromatic N) is 3. The van der Waals surface area contributed by atoms with E-state index in [-0.39, 0.29) is 54.7 Å². The standard InChI is InChI=1S/C36H46F5N3O3/c1-23-4-6-26(7-5-23)34(45)44(27-8-10-28(11-9-27)46-29-12-13-29)32-15-14-30(18-24(32)2)47-33-31(36(39,40)41)19-25(20-42-33)21-43-17-3-16-35(37,38)22-43/h14-15,18-20,23,26-29H,3-13,16-17,21-22H2,1-2H3. The highest BCUT2D eigenvalue weighted by Gasteiger charge is 2.39. The van der Waals surface area contributed by atoms with Crippen molar-refractivity contribution in [2.45, 2.75) is 128 Å². The molecule has 0 N–H and O–H groups in total. The molecular weight excluding hydrogens is 617 g/mol. The average molecular weight is 664 g/mol. The molecule has 2 aromatic rings. The van der Waals surface area contributed by atoms with Gasteiger partial charge in [-0.05, 0) is 125 Å². The summed E-state index contributed by atoms with van der Waals surface area (Å²) in [6, 6.07) is 5.99. The number of ether oxygens (including phenoxy) is 2. The maximum atomic E-state index is 14.2. The van der Waals surface area contributed by atoms with Crippen LogP contribution in [0.5, 0.6) is 11.6 Å². The lowest BCUT2D eigenvalue weighted by molar-refractivity contribution is -0.139. The van der Waals surface area contributed by atoms with Crippen LogP contribution in [0.2, 0.25) is 0 Å². The van der Waals surface area contributed by atoms with Crippen molar-refractivity contribution in [1.29, 1.82) is 0 Å². The van der Waals surface area contributed by atoms with Crippen molar-refractivity contribution in [3.05, 3.63) is 47.2 Å². The van der Waals surface area contributed by atoms with Gasteiger partial charge in [-0.2, -0.15) is 13.2 Å². The number of aryl methyl sites for hydroxylation is 1. The van der Waals surface area contributed by atoms with Crippen LogP contribution in [-0.4, -0.2) is 53.1 Å². The molecule has 4 aliphatic rings. The second-order valence-corrected chi connectivity index (χ2v) is 14.3. The van der Waals surface area contributed by atoms with E-state index in [1.807, 2.05) is 11.8 Å². The number of anilines is 1. The summed E-state index contributed by atoms with van der Waals surface area (Å²) >= 11 is 0. The van der Waals surface area contributed by atoms with Gasteiger partial charge >= 0.3 is 6.18 Å². The minimum absolute atomic E-state index is 0.0252. The second-order valence-electron chi connectivity index (χ2n) is 14.3. The Morgan fingerprint density at radius 2 is 1.68 bits per heavy atom. The number of carbonyl (C=O) groups excluding carboxylic acids is 1. The van der Waals surface area contributed by atoms with Gasteiger partial charge in [0.15, 0.2) is 0 Å². The summed E-state index contributed by atoms with van der Waals surface area (Å²) in [6.45, 7) is 3.91. The lowest BCUT2D eigenvalue weighted by Crippen LogP contribution is -2.47. The zero-order valence-electron chi connectivity index (χ0n) is 27.3. The number of likely N-dealkylation sites (tertiary alicyclic amines) is 1. The first-order chi connectivity index (χ1) is 22.3. The smallest absolute Gasteiger partial charge is 0.421 e. The lowest BCUT2D eigenvalue weighted by Gasteiger charge is -2.40. The van der Waals surface area contributed by atoms with Crippen LogP contribution >= 0.6 is 0 Å². The van der Waals surface area contributed by atoms with Crippen molar-refractivity contribution in [2.75, 3.05) is 18.0 Å². The Kier molecular flexibility index (Phi) is 10.1. The van der Waals surface area contributed by atoms with Crippen LogP contribution in [0.25, 0.3) is 0 Å². The molecule has 258 valence electrons. The highest BCUT2D eigenvalue weighted by molar-refractivity contribution is 5.96. The Morgan fingerprint density at radius 3 is 2.30 bits per heavy atom. The van der Waals surface area contributed by atoms with Crippen LogP contribution < -0.4 is 9.64 Å². The van der Waals surface area contributed by atoms with Crippen molar-refractivity contribution >= 4 is 11.6 Å². The Morgan fingerprint density at radius 1 is 1.00 bits per heavy atom. The number of carbonyl (C=O) groups is 1. The van der Waals surface area contributed by atoms with Gasteiger partial charge < -0.3 is 14.4 Å². The molecule has 4 fully saturated rings. The first-order valence-corrected chi connectivity index (χ1v) is 17.3. The Bertz CT molecular complexity index is 1400. The molecule has 1 aromatic heterocycles. The molecule has 6 rings (SSSR count). The number of benzene rings is 1. The molecule has 1 aromatic carbocycles. The van der Waals surface area contributed by atoms with E-state index in [0.717, 1.165) is 81.5 Å². The van der Waals surface area contributed by atoms with Crippen LogP contribution in [0.15, 0.2) is 30.5 Å². The topological polar surface area (TPSA) is 54.9 Å². The summed E-state index contributed by atoms with van der Waals surface area (Å²) in [4.78, 5) is 21.6. The first-order valence-electron chi connectivity index (χ1n) is 17.3. The average Bonchev–Trinajstić information content (AvgIpc) is 3.83. The molecule has 1 saturated heterocycles. The summed E-state index contributed by atoms with van der Waals surface area (Å²) in [5.74, 6) is -2.59. The van der Waals surface area contributed by atoms with E-state index in [1.165, 1.54) is 11.1 Å². The van der Waals surface area contributed by atoms with Crippen molar-refractivity contribution < 1.29 is 36.2 Å². The molecule has 6 nitrogen and oxygen atoms in total. The predicted octanol–water partition coefficient (Wildman–Crippen LogP) is 9.08. The zero-order chi connectivity index (χ0) is 33.3. The number of halogens is 5. The van der Waals surface area contributed by atoms with E-state index in [2.05, 4.69) is 11.9 Å². The van der Waals surface area contributed by atoms with Gasteiger partial charge in [0.1, 0.15) is 11.3 Å². The van der Waals surface area contributed by atoms with Gasteiger partial charge in [-0.25, -0.2) is 13.8 Å². The Balaban J connectivity index is 1.21. The Labute approximate surface area is 274 Å².